The average molecular weight is 227 g/mol. The molecule has 0 aliphatic carbocycles. The van der Waals surface area contributed by atoms with Gasteiger partial charge in [0.1, 0.15) is 0 Å². The van der Waals surface area contributed by atoms with Gasteiger partial charge in [0.2, 0.25) is 5.91 Å². The largest absolute Gasteiger partial charge is 0.323 e. The number of nitriles is 1. The Morgan fingerprint density at radius 2 is 2.24 bits per heavy atom. The predicted molar refractivity (Wildman–Crippen MR) is 65.4 cm³/mol. The smallest absolute Gasteiger partial charge is 0.227 e. The third kappa shape index (κ3) is 1.93. The maximum absolute atomic E-state index is 11.5. The predicted octanol–water partition coefficient (Wildman–Crippen LogP) is 2.21. The van der Waals surface area contributed by atoms with E-state index in [2.05, 4.69) is 0 Å². The molecule has 1 aromatic carbocycles. The number of para-hydroxylation sites is 1. The maximum Gasteiger partial charge on any atom is 0.227 e. The monoisotopic (exact) mass is 227 g/mol. The highest BCUT2D eigenvalue weighted by atomic mass is 16.1. The Kier molecular flexibility index (Phi) is 2.94. The second kappa shape index (κ2) is 4.40. The quantitative estimate of drug-likeness (QED) is 0.854. The molecule has 0 bridgehead atoms. The molecule has 1 atom stereocenters. The van der Waals surface area contributed by atoms with E-state index in [1.54, 1.807) is 10.8 Å². The summed E-state index contributed by atoms with van der Waals surface area (Å²) in [5.41, 5.74) is 7.62. The standard InChI is InChI=1S/C13H13N3O/c1-9(17)16-8-11(12(15)6-7-14)10-4-2-3-5-13(10)16/h2-5,8,12H,6,15H2,1H3/t12-/m1/s1. The Balaban J connectivity index is 2.65. The van der Waals surface area contributed by atoms with Crippen LogP contribution < -0.4 is 5.73 Å². The highest BCUT2D eigenvalue weighted by Crippen LogP contribution is 2.26. The molecule has 0 spiro atoms. The number of aromatic nitrogens is 1. The van der Waals surface area contributed by atoms with Gasteiger partial charge in [-0.25, -0.2) is 0 Å². The third-order valence-corrected chi connectivity index (χ3v) is 2.79. The van der Waals surface area contributed by atoms with Gasteiger partial charge in [-0.1, -0.05) is 18.2 Å². The van der Waals surface area contributed by atoms with Gasteiger partial charge in [-0.15, -0.1) is 0 Å². The van der Waals surface area contributed by atoms with Crippen molar-refractivity contribution in [3.05, 3.63) is 36.0 Å². The molecule has 4 nitrogen and oxygen atoms in total. The minimum atomic E-state index is -0.356. The van der Waals surface area contributed by atoms with Crippen LogP contribution in [0.2, 0.25) is 0 Å². The summed E-state index contributed by atoms with van der Waals surface area (Å²) in [5, 5.41) is 9.62. The van der Waals surface area contributed by atoms with E-state index >= 15 is 0 Å². The molecule has 0 radical (unpaired) electrons. The van der Waals surface area contributed by atoms with Crippen molar-refractivity contribution in [3.63, 3.8) is 0 Å². The second-order valence-electron chi connectivity index (χ2n) is 3.96. The summed E-state index contributed by atoms with van der Waals surface area (Å²) in [7, 11) is 0. The summed E-state index contributed by atoms with van der Waals surface area (Å²) in [6, 6.07) is 9.26. The number of carbonyl (C=O) groups excluding carboxylic acids is 1. The Hall–Kier alpha value is -2.12. The molecule has 4 heteroatoms. The maximum atomic E-state index is 11.5. The first-order valence-electron chi connectivity index (χ1n) is 5.38. The molecule has 2 aromatic rings. The van der Waals surface area contributed by atoms with Crippen molar-refractivity contribution in [2.24, 2.45) is 5.73 Å². The number of rotatable bonds is 2. The van der Waals surface area contributed by atoms with Gasteiger partial charge in [0.15, 0.2) is 0 Å². The van der Waals surface area contributed by atoms with Gasteiger partial charge in [0.05, 0.1) is 18.0 Å². The van der Waals surface area contributed by atoms with Gasteiger partial charge >= 0.3 is 0 Å². The van der Waals surface area contributed by atoms with E-state index < -0.39 is 0 Å². The molecular weight excluding hydrogens is 214 g/mol. The van der Waals surface area contributed by atoms with Gasteiger partial charge in [0.25, 0.3) is 0 Å². The van der Waals surface area contributed by atoms with Crippen LogP contribution >= 0.6 is 0 Å². The fourth-order valence-electron chi connectivity index (χ4n) is 1.97. The van der Waals surface area contributed by atoms with Crippen LogP contribution in [0.5, 0.6) is 0 Å². The molecule has 0 amide bonds. The Morgan fingerprint density at radius 3 is 2.88 bits per heavy atom. The molecule has 0 saturated heterocycles. The van der Waals surface area contributed by atoms with Gasteiger partial charge in [-0.2, -0.15) is 5.26 Å². The van der Waals surface area contributed by atoms with Gasteiger partial charge in [0, 0.05) is 24.5 Å². The molecule has 2 rings (SSSR count). The van der Waals surface area contributed by atoms with Crippen LogP contribution in [-0.2, 0) is 0 Å². The highest BCUT2D eigenvalue weighted by molar-refractivity contribution is 5.93. The van der Waals surface area contributed by atoms with E-state index in [-0.39, 0.29) is 18.4 Å². The summed E-state index contributed by atoms with van der Waals surface area (Å²) in [4.78, 5) is 11.5. The number of nitrogens with two attached hydrogens (primary N) is 1. The lowest BCUT2D eigenvalue weighted by Gasteiger charge is -2.04. The van der Waals surface area contributed by atoms with Crippen LogP contribution in [0.1, 0.15) is 29.7 Å². The number of hydrogen-bond acceptors (Lipinski definition) is 3. The molecule has 0 aliphatic rings. The van der Waals surface area contributed by atoms with Crippen LogP contribution in [0.15, 0.2) is 30.5 Å². The topological polar surface area (TPSA) is 71.8 Å². The lowest BCUT2D eigenvalue weighted by atomic mass is 10.0. The molecule has 86 valence electrons. The summed E-state index contributed by atoms with van der Waals surface area (Å²) >= 11 is 0. The third-order valence-electron chi connectivity index (χ3n) is 2.79. The Labute approximate surface area is 99.3 Å². The molecule has 0 fully saturated rings. The van der Waals surface area contributed by atoms with Crippen LogP contribution in [0.3, 0.4) is 0 Å². The first kappa shape index (κ1) is 11.4. The zero-order chi connectivity index (χ0) is 12.4. The van der Waals surface area contributed by atoms with Crippen molar-refractivity contribution < 1.29 is 4.79 Å². The van der Waals surface area contributed by atoms with Gasteiger partial charge < -0.3 is 5.73 Å². The molecular formula is C13H13N3O. The molecule has 0 saturated carbocycles. The molecule has 0 aliphatic heterocycles. The molecule has 17 heavy (non-hydrogen) atoms. The van der Waals surface area contributed by atoms with Crippen molar-refractivity contribution in [3.8, 4) is 6.07 Å². The highest BCUT2D eigenvalue weighted by Gasteiger charge is 2.15. The Bertz CT molecular complexity index is 607. The summed E-state index contributed by atoms with van der Waals surface area (Å²) in [6.07, 6.45) is 1.97. The van der Waals surface area contributed by atoms with E-state index in [1.807, 2.05) is 30.3 Å². The van der Waals surface area contributed by atoms with Crippen molar-refractivity contribution in [2.75, 3.05) is 0 Å². The summed E-state index contributed by atoms with van der Waals surface area (Å²) in [5.74, 6) is -0.0587. The van der Waals surface area contributed by atoms with Crippen molar-refractivity contribution >= 4 is 16.8 Å². The zero-order valence-corrected chi connectivity index (χ0v) is 9.55. The van der Waals surface area contributed by atoms with E-state index in [0.717, 1.165) is 16.5 Å². The fourth-order valence-corrected chi connectivity index (χ4v) is 1.97. The summed E-state index contributed by atoms with van der Waals surface area (Å²) < 4.78 is 1.57. The van der Waals surface area contributed by atoms with E-state index in [4.69, 9.17) is 11.0 Å². The van der Waals surface area contributed by atoms with Crippen molar-refractivity contribution in [2.45, 2.75) is 19.4 Å². The second-order valence-corrected chi connectivity index (χ2v) is 3.96. The van der Waals surface area contributed by atoms with Crippen molar-refractivity contribution in [1.29, 1.82) is 5.26 Å². The van der Waals surface area contributed by atoms with E-state index in [9.17, 15) is 4.79 Å². The number of fused-ring (bicyclic) bond motifs is 1. The van der Waals surface area contributed by atoms with Gasteiger partial charge in [-0.3, -0.25) is 9.36 Å². The van der Waals surface area contributed by atoms with Crippen LogP contribution in [-0.4, -0.2) is 10.5 Å². The SMILES string of the molecule is CC(=O)n1cc([C@H](N)CC#N)c2ccccc21. The normalized spacial score (nSPS) is 12.3. The van der Waals surface area contributed by atoms with E-state index in [0.29, 0.717) is 0 Å². The minimum absolute atomic E-state index is 0.0587. The number of nitrogens with zero attached hydrogens (tertiary/aromatic N) is 2. The first-order valence-corrected chi connectivity index (χ1v) is 5.38. The molecule has 2 N–H and O–H groups in total. The van der Waals surface area contributed by atoms with E-state index in [1.165, 1.54) is 6.92 Å². The molecule has 1 heterocycles. The van der Waals surface area contributed by atoms with Crippen LogP contribution in [0, 0.1) is 11.3 Å². The van der Waals surface area contributed by atoms with Gasteiger partial charge in [-0.05, 0) is 11.6 Å². The first-order chi connectivity index (χ1) is 8.15. The fraction of sp³-hybridized carbons (Fsp3) is 0.231. The lowest BCUT2D eigenvalue weighted by Crippen LogP contribution is -2.09. The number of carbonyl (C=O) groups is 1. The lowest BCUT2D eigenvalue weighted by molar-refractivity contribution is 0.0941. The summed E-state index contributed by atoms with van der Waals surface area (Å²) in [6.45, 7) is 1.51. The molecule has 0 unspecified atom stereocenters. The Morgan fingerprint density at radius 1 is 1.53 bits per heavy atom. The van der Waals surface area contributed by atoms with Crippen LogP contribution in [0.25, 0.3) is 10.9 Å². The number of benzene rings is 1. The minimum Gasteiger partial charge on any atom is -0.323 e. The number of hydrogen-bond donors (Lipinski definition) is 1. The van der Waals surface area contributed by atoms with Crippen molar-refractivity contribution in [1.82, 2.24) is 4.57 Å². The zero-order valence-electron chi connectivity index (χ0n) is 9.55. The average Bonchev–Trinajstić information content (AvgIpc) is 2.69. The molecule has 1 aromatic heterocycles. The van der Waals surface area contributed by atoms with Crippen LogP contribution in [0.4, 0.5) is 0 Å².